The van der Waals surface area contributed by atoms with E-state index < -0.39 is 29.6 Å². The van der Waals surface area contributed by atoms with Gasteiger partial charge >= 0.3 is 6.18 Å². The van der Waals surface area contributed by atoms with E-state index in [1.807, 2.05) is 0 Å². The first-order valence-electron chi connectivity index (χ1n) is 7.58. The van der Waals surface area contributed by atoms with Gasteiger partial charge in [0.05, 0.1) is 5.56 Å². The van der Waals surface area contributed by atoms with Crippen molar-refractivity contribution < 1.29 is 27.5 Å². The summed E-state index contributed by atoms with van der Waals surface area (Å²) in [6, 6.07) is 2.20. The number of rotatable bonds is 7. The molecule has 0 fully saturated rings. The minimum Gasteiger partial charge on any atom is -0.375 e. The number of carbonyl (C=O) groups excluding carboxylic acids is 2. The Morgan fingerprint density at radius 3 is 2.31 bits per heavy atom. The minimum atomic E-state index is -4.56. The Labute approximate surface area is 156 Å². The van der Waals surface area contributed by atoms with Gasteiger partial charge in [0.25, 0.3) is 0 Å². The van der Waals surface area contributed by atoms with Gasteiger partial charge in [-0.25, -0.2) is 0 Å². The largest absolute Gasteiger partial charge is 0.416 e. The molecule has 0 aliphatic rings. The quantitative estimate of drug-likeness (QED) is 0.658. The maximum Gasteiger partial charge on any atom is 0.416 e. The molecule has 0 aliphatic carbocycles. The second-order valence-corrected chi connectivity index (χ2v) is 5.83. The smallest absolute Gasteiger partial charge is 0.375 e. The van der Waals surface area contributed by atoms with E-state index in [9.17, 15) is 22.8 Å². The van der Waals surface area contributed by atoms with Crippen molar-refractivity contribution >= 4 is 29.9 Å². The Kier molecular flexibility index (Phi) is 9.61. The average Bonchev–Trinajstić information content (AvgIpc) is 2.51. The van der Waals surface area contributed by atoms with Crippen molar-refractivity contribution in [2.24, 2.45) is 11.7 Å². The molecular formula is C16H23ClF3N3O3. The van der Waals surface area contributed by atoms with Gasteiger partial charge in [-0.2, -0.15) is 13.2 Å². The molecule has 0 saturated heterocycles. The molecular weight excluding hydrogens is 375 g/mol. The lowest BCUT2D eigenvalue weighted by atomic mass is 10.0. The van der Waals surface area contributed by atoms with Crippen LogP contribution in [0.25, 0.3) is 0 Å². The first-order valence-corrected chi connectivity index (χ1v) is 7.58. The molecule has 148 valence electrons. The maximum absolute atomic E-state index is 12.9. The minimum absolute atomic E-state index is 0. The number of carbonyl (C=O) groups is 2. The Bertz CT molecular complexity index is 624. The number of ether oxygens (including phenoxy) is 1. The summed E-state index contributed by atoms with van der Waals surface area (Å²) in [5.41, 5.74) is 4.71. The number of methoxy groups -OCH3 is 1. The molecule has 1 rings (SSSR count). The number of amides is 2. The van der Waals surface area contributed by atoms with Crippen LogP contribution >= 0.6 is 12.4 Å². The summed E-state index contributed by atoms with van der Waals surface area (Å²) in [5.74, 6) is -1.40. The number of benzene rings is 1. The van der Waals surface area contributed by atoms with Crippen LogP contribution in [0.1, 0.15) is 25.0 Å². The second-order valence-electron chi connectivity index (χ2n) is 5.83. The fourth-order valence-corrected chi connectivity index (χ4v) is 2.15. The van der Waals surface area contributed by atoms with Gasteiger partial charge in [0.1, 0.15) is 12.6 Å². The zero-order valence-electron chi connectivity index (χ0n) is 14.6. The average molecular weight is 398 g/mol. The highest BCUT2D eigenvalue weighted by molar-refractivity contribution is 5.97. The van der Waals surface area contributed by atoms with Gasteiger partial charge in [-0.15, -0.1) is 12.4 Å². The van der Waals surface area contributed by atoms with Crippen LogP contribution < -0.4 is 16.4 Å². The van der Waals surface area contributed by atoms with Gasteiger partial charge in [-0.3, -0.25) is 9.59 Å². The number of alkyl halides is 3. The molecule has 0 heterocycles. The normalized spacial score (nSPS) is 12.3. The van der Waals surface area contributed by atoms with E-state index in [4.69, 9.17) is 5.73 Å². The Morgan fingerprint density at radius 2 is 1.85 bits per heavy atom. The first-order chi connectivity index (χ1) is 11.6. The summed E-state index contributed by atoms with van der Waals surface area (Å²) < 4.78 is 43.5. The lowest BCUT2D eigenvalue weighted by Crippen LogP contribution is -2.48. The summed E-state index contributed by atoms with van der Waals surface area (Å²) >= 11 is 0. The van der Waals surface area contributed by atoms with Crippen molar-refractivity contribution in [3.63, 3.8) is 0 Å². The molecule has 0 spiro atoms. The van der Waals surface area contributed by atoms with Crippen LogP contribution in [0.15, 0.2) is 18.2 Å². The molecule has 0 unspecified atom stereocenters. The number of hydrogen-bond acceptors (Lipinski definition) is 4. The van der Waals surface area contributed by atoms with Crippen LogP contribution in [-0.4, -0.2) is 31.6 Å². The zero-order valence-corrected chi connectivity index (χ0v) is 15.5. The third-order valence-corrected chi connectivity index (χ3v) is 3.36. The molecule has 0 saturated carbocycles. The lowest BCUT2D eigenvalue weighted by molar-refractivity contribution is -0.137. The van der Waals surface area contributed by atoms with Gasteiger partial charge in [-0.05, 0) is 29.7 Å². The maximum atomic E-state index is 12.9. The Balaban J connectivity index is 0.00000625. The highest BCUT2D eigenvalue weighted by Gasteiger charge is 2.31. The highest BCUT2D eigenvalue weighted by Crippen LogP contribution is 2.32. The fraction of sp³-hybridized carbons (Fsp3) is 0.500. The van der Waals surface area contributed by atoms with Gasteiger partial charge in [0.2, 0.25) is 11.8 Å². The summed E-state index contributed by atoms with van der Waals surface area (Å²) in [5, 5.41) is 4.90. The number of nitrogens with one attached hydrogen (secondary N) is 2. The highest BCUT2D eigenvalue weighted by atomic mass is 35.5. The van der Waals surface area contributed by atoms with E-state index in [1.165, 1.54) is 13.2 Å². The van der Waals surface area contributed by atoms with Crippen molar-refractivity contribution in [1.29, 1.82) is 0 Å². The van der Waals surface area contributed by atoms with Crippen LogP contribution in [-0.2, 0) is 27.0 Å². The molecule has 0 aromatic heterocycles. The number of anilines is 1. The van der Waals surface area contributed by atoms with E-state index in [1.54, 1.807) is 13.8 Å². The van der Waals surface area contributed by atoms with Gasteiger partial charge < -0.3 is 21.1 Å². The Morgan fingerprint density at radius 1 is 1.23 bits per heavy atom. The van der Waals surface area contributed by atoms with Crippen molar-refractivity contribution in [3.8, 4) is 0 Å². The third-order valence-electron chi connectivity index (χ3n) is 3.36. The molecule has 1 aromatic carbocycles. The first kappa shape index (κ1) is 24.2. The van der Waals surface area contributed by atoms with Crippen molar-refractivity contribution in [2.45, 2.75) is 32.6 Å². The van der Waals surface area contributed by atoms with E-state index in [2.05, 4.69) is 15.4 Å². The molecule has 4 N–H and O–H groups in total. The summed E-state index contributed by atoms with van der Waals surface area (Å²) in [7, 11) is 1.33. The van der Waals surface area contributed by atoms with Crippen LogP contribution in [0.4, 0.5) is 18.9 Å². The van der Waals surface area contributed by atoms with Crippen LogP contribution in [0.2, 0.25) is 0 Å². The summed E-state index contributed by atoms with van der Waals surface area (Å²) in [6.45, 7) is 3.08. The van der Waals surface area contributed by atoms with E-state index in [0.717, 1.165) is 12.1 Å². The molecule has 1 atom stereocenters. The standard InChI is InChI=1S/C16H22F3N3O3.ClH/c1-9(2)14(22-13(23)8-25-3)15(24)21-12-5-10(7-20)4-11(6-12)16(17,18)19;/h4-6,9,14H,7-8,20H2,1-3H3,(H,21,24)(H,22,23);1H/t14-;/m0./s1. The predicted octanol–water partition coefficient (Wildman–Crippen LogP) is 2.31. The molecule has 26 heavy (non-hydrogen) atoms. The number of hydrogen-bond donors (Lipinski definition) is 3. The number of halogens is 4. The molecule has 10 heteroatoms. The molecule has 0 aliphatic heterocycles. The SMILES string of the molecule is COCC(=O)N[C@H](C(=O)Nc1cc(CN)cc(C(F)(F)F)c1)C(C)C.Cl. The lowest BCUT2D eigenvalue weighted by Gasteiger charge is -2.22. The van der Waals surface area contributed by atoms with Crippen molar-refractivity contribution in [3.05, 3.63) is 29.3 Å². The van der Waals surface area contributed by atoms with Gasteiger partial charge in [0, 0.05) is 19.3 Å². The van der Waals surface area contributed by atoms with E-state index >= 15 is 0 Å². The van der Waals surface area contributed by atoms with Crippen molar-refractivity contribution in [2.75, 3.05) is 19.0 Å². The predicted molar refractivity (Wildman–Crippen MR) is 93.9 cm³/mol. The van der Waals surface area contributed by atoms with E-state index in [0.29, 0.717) is 0 Å². The van der Waals surface area contributed by atoms with Gasteiger partial charge in [0.15, 0.2) is 0 Å². The molecule has 6 nitrogen and oxygen atoms in total. The van der Waals surface area contributed by atoms with Crippen LogP contribution in [0, 0.1) is 5.92 Å². The van der Waals surface area contributed by atoms with Gasteiger partial charge in [-0.1, -0.05) is 13.8 Å². The van der Waals surface area contributed by atoms with Crippen LogP contribution in [0.3, 0.4) is 0 Å². The monoisotopic (exact) mass is 397 g/mol. The van der Waals surface area contributed by atoms with Crippen LogP contribution in [0.5, 0.6) is 0 Å². The number of nitrogens with two attached hydrogens (primary N) is 1. The topological polar surface area (TPSA) is 93.4 Å². The second kappa shape index (κ2) is 10.3. The van der Waals surface area contributed by atoms with E-state index in [-0.39, 0.29) is 42.7 Å². The molecule has 0 radical (unpaired) electrons. The third kappa shape index (κ3) is 7.19. The fourth-order valence-electron chi connectivity index (χ4n) is 2.15. The summed E-state index contributed by atoms with van der Waals surface area (Å²) in [4.78, 5) is 24.0. The molecule has 2 amide bonds. The molecule has 0 bridgehead atoms. The zero-order chi connectivity index (χ0) is 19.2. The van der Waals surface area contributed by atoms with Crippen molar-refractivity contribution in [1.82, 2.24) is 5.32 Å². The Hall–Kier alpha value is -1.84. The summed E-state index contributed by atoms with van der Waals surface area (Å²) in [6.07, 6.45) is -4.56. The molecule has 1 aromatic rings.